The van der Waals surface area contributed by atoms with Crippen LogP contribution in [-0.2, 0) is 0 Å². The number of nitrogens with two attached hydrogens (primary N) is 1. The molecule has 3 aromatic rings. The highest BCUT2D eigenvalue weighted by Gasteiger charge is 2.16. The number of amides is 1. The number of pyridine rings is 1. The molecule has 0 aliphatic carbocycles. The number of anilines is 1. The molecule has 0 saturated heterocycles. The van der Waals surface area contributed by atoms with Crippen molar-refractivity contribution in [3.8, 4) is 10.8 Å². The normalized spacial score (nSPS) is 10.8. The van der Waals surface area contributed by atoms with Crippen molar-refractivity contribution in [2.24, 2.45) is 0 Å². The minimum atomic E-state index is -0.145. The van der Waals surface area contributed by atoms with Gasteiger partial charge in [0.25, 0.3) is 5.91 Å². The minimum Gasteiger partial charge on any atom is -0.384 e. The van der Waals surface area contributed by atoms with Crippen LogP contribution in [0.2, 0.25) is 0 Å². The Morgan fingerprint density at radius 1 is 1.55 bits per heavy atom. The number of hydrogen-bond donors (Lipinski definition) is 1. The van der Waals surface area contributed by atoms with Crippen LogP contribution in [0.15, 0.2) is 36.4 Å². The second kappa shape index (κ2) is 5.57. The molecule has 0 radical (unpaired) electrons. The van der Waals surface area contributed by atoms with E-state index in [-0.39, 0.29) is 5.91 Å². The van der Waals surface area contributed by atoms with Gasteiger partial charge in [-0.25, -0.2) is 9.97 Å². The van der Waals surface area contributed by atoms with Crippen LogP contribution >= 0.6 is 11.3 Å². The molecule has 0 bridgehead atoms. The van der Waals surface area contributed by atoms with Crippen LogP contribution in [0.4, 0.5) is 5.82 Å². The van der Waals surface area contributed by atoms with Crippen molar-refractivity contribution in [3.05, 3.63) is 41.9 Å². The van der Waals surface area contributed by atoms with E-state index in [2.05, 4.69) is 21.6 Å². The van der Waals surface area contributed by atoms with Crippen LogP contribution in [-0.4, -0.2) is 44.0 Å². The summed E-state index contributed by atoms with van der Waals surface area (Å²) in [6.45, 7) is 4.08. The number of nitrogen functional groups attached to an aromatic ring is 1. The summed E-state index contributed by atoms with van der Waals surface area (Å²) in [7, 11) is 1.70. The Balaban J connectivity index is 2.05. The summed E-state index contributed by atoms with van der Waals surface area (Å²) in [5.74, 6) is 0.696. The molecule has 0 fully saturated rings. The van der Waals surface area contributed by atoms with Crippen molar-refractivity contribution >= 4 is 28.7 Å². The Bertz CT molecular complexity index is 839. The van der Waals surface area contributed by atoms with Crippen molar-refractivity contribution in [2.45, 2.75) is 0 Å². The molecule has 3 heterocycles. The van der Waals surface area contributed by atoms with Gasteiger partial charge in [-0.1, -0.05) is 6.08 Å². The summed E-state index contributed by atoms with van der Waals surface area (Å²) in [5, 5.41) is 6.88. The fraction of sp³-hybridized carbons (Fsp3) is 0.143. The molecule has 0 unspecified atom stereocenters. The molecule has 8 heteroatoms. The van der Waals surface area contributed by atoms with Crippen LogP contribution in [0.25, 0.3) is 16.5 Å². The Morgan fingerprint density at radius 2 is 2.36 bits per heavy atom. The second-order valence-electron chi connectivity index (χ2n) is 4.69. The summed E-state index contributed by atoms with van der Waals surface area (Å²) < 4.78 is 1.50. The lowest BCUT2D eigenvalue weighted by Gasteiger charge is -2.15. The molecule has 1 amide bonds. The third-order valence-corrected chi connectivity index (χ3v) is 3.85. The largest absolute Gasteiger partial charge is 0.384 e. The van der Waals surface area contributed by atoms with E-state index in [1.807, 2.05) is 5.38 Å². The quantitative estimate of drug-likeness (QED) is 0.740. The third-order valence-electron chi connectivity index (χ3n) is 3.08. The van der Waals surface area contributed by atoms with Gasteiger partial charge in [-0.05, 0) is 12.1 Å². The van der Waals surface area contributed by atoms with Gasteiger partial charge in [0.05, 0.1) is 0 Å². The van der Waals surface area contributed by atoms with Crippen LogP contribution in [0.1, 0.15) is 10.4 Å². The predicted octanol–water partition coefficient (Wildman–Crippen LogP) is 1.69. The average molecular weight is 314 g/mol. The van der Waals surface area contributed by atoms with E-state index in [9.17, 15) is 4.79 Å². The summed E-state index contributed by atoms with van der Waals surface area (Å²) in [4.78, 5) is 22.4. The third kappa shape index (κ3) is 2.44. The SMILES string of the molecule is C=CCN(C)C(=O)c1cc(N)n2nc(-c3nccs3)nc2c1. The Morgan fingerprint density at radius 3 is 3.05 bits per heavy atom. The van der Waals surface area contributed by atoms with E-state index in [4.69, 9.17) is 5.73 Å². The Kier molecular flexibility index (Phi) is 3.60. The fourth-order valence-electron chi connectivity index (χ4n) is 2.05. The van der Waals surface area contributed by atoms with E-state index in [1.165, 1.54) is 15.9 Å². The molecule has 112 valence electrons. The van der Waals surface area contributed by atoms with Crippen LogP contribution in [0.5, 0.6) is 0 Å². The molecule has 2 N–H and O–H groups in total. The summed E-state index contributed by atoms with van der Waals surface area (Å²) in [6, 6.07) is 3.26. The Labute approximate surface area is 130 Å². The van der Waals surface area contributed by atoms with Crippen LogP contribution < -0.4 is 5.73 Å². The van der Waals surface area contributed by atoms with Crippen molar-refractivity contribution in [1.29, 1.82) is 0 Å². The van der Waals surface area contributed by atoms with Gasteiger partial charge in [-0.2, -0.15) is 4.52 Å². The van der Waals surface area contributed by atoms with Crippen molar-refractivity contribution in [3.63, 3.8) is 0 Å². The number of carbonyl (C=O) groups excluding carboxylic acids is 1. The number of likely N-dealkylation sites (N-methyl/N-ethyl adjacent to an activating group) is 1. The first-order valence-corrected chi connectivity index (χ1v) is 7.40. The number of rotatable bonds is 4. The second-order valence-corrected chi connectivity index (χ2v) is 5.58. The van der Waals surface area contributed by atoms with Gasteiger partial charge < -0.3 is 10.6 Å². The zero-order chi connectivity index (χ0) is 15.7. The van der Waals surface area contributed by atoms with Crippen LogP contribution in [0.3, 0.4) is 0 Å². The maximum absolute atomic E-state index is 12.3. The van der Waals surface area contributed by atoms with Gasteiger partial charge in [0, 0.05) is 30.7 Å². The van der Waals surface area contributed by atoms with Gasteiger partial charge in [0.1, 0.15) is 5.82 Å². The highest BCUT2D eigenvalue weighted by molar-refractivity contribution is 7.13. The van der Waals surface area contributed by atoms with Gasteiger partial charge in [-0.3, -0.25) is 4.79 Å². The van der Waals surface area contributed by atoms with E-state index >= 15 is 0 Å². The lowest BCUT2D eigenvalue weighted by molar-refractivity contribution is 0.0810. The first-order chi connectivity index (χ1) is 10.6. The van der Waals surface area contributed by atoms with Gasteiger partial charge in [0.15, 0.2) is 10.7 Å². The zero-order valence-corrected chi connectivity index (χ0v) is 12.7. The highest BCUT2D eigenvalue weighted by atomic mass is 32.1. The van der Waals surface area contributed by atoms with Crippen molar-refractivity contribution in [2.75, 3.05) is 19.3 Å². The molecule has 0 aliphatic heterocycles. The highest BCUT2D eigenvalue weighted by Crippen LogP contribution is 2.21. The van der Waals surface area contributed by atoms with Gasteiger partial charge in [0.2, 0.25) is 5.82 Å². The molecule has 22 heavy (non-hydrogen) atoms. The number of aromatic nitrogens is 4. The molecule has 3 aromatic heterocycles. The topological polar surface area (TPSA) is 89.4 Å². The fourth-order valence-corrected chi connectivity index (χ4v) is 2.62. The number of hydrogen-bond acceptors (Lipinski definition) is 6. The van der Waals surface area contributed by atoms with E-state index in [1.54, 1.807) is 36.4 Å². The molecule has 3 rings (SSSR count). The van der Waals surface area contributed by atoms with E-state index in [0.29, 0.717) is 34.4 Å². The average Bonchev–Trinajstić information content (AvgIpc) is 3.15. The minimum absolute atomic E-state index is 0.145. The van der Waals surface area contributed by atoms with Gasteiger partial charge >= 0.3 is 0 Å². The number of thiazole rings is 1. The molecule has 0 saturated carbocycles. The Hall–Kier alpha value is -2.74. The number of nitrogens with zero attached hydrogens (tertiary/aromatic N) is 5. The molecule has 0 aliphatic rings. The van der Waals surface area contributed by atoms with Crippen LogP contribution in [0, 0.1) is 0 Å². The summed E-state index contributed by atoms with van der Waals surface area (Å²) in [6.07, 6.45) is 3.35. The monoisotopic (exact) mass is 314 g/mol. The molecule has 7 nitrogen and oxygen atoms in total. The predicted molar refractivity (Wildman–Crippen MR) is 85.7 cm³/mol. The van der Waals surface area contributed by atoms with Crippen molar-refractivity contribution in [1.82, 2.24) is 24.5 Å². The molecule has 0 atom stereocenters. The first kappa shape index (κ1) is 14.2. The summed E-state index contributed by atoms with van der Waals surface area (Å²) in [5.41, 5.74) is 6.97. The number of carbonyl (C=O) groups is 1. The molecular weight excluding hydrogens is 300 g/mol. The molecule has 0 aromatic carbocycles. The van der Waals surface area contributed by atoms with E-state index < -0.39 is 0 Å². The molecular formula is C14H14N6OS. The maximum atomic E-state index is 12.3. The zero-order valence-electron chi connectivity index (χ0n) is 11.9. The van der Waals surface area contributed by atoms with E-state index in [0.717, 1.165) is 0 Å². The lowest BCUT2D eigenvalue weighted by Crippen LogP contribution is -2.27. The lowest BCUT2D eigenvalue weighted by atomic mass is 10.2. The summed E-state index contributed by atoms with van der Waals surface area (Å²) >= 11 is 1.44. The number of fused-ring (bicyclic) bond motifs is 1. The smallest absolute Gasteiger partial charge is 0.254 e. The maximum Gasteiger partial charge on any atom is 0.254 e. The van der Waals surface area contributed by atoms with Gasteiger partial charge in [-0.15, -0.1) is 23.0 Å². The standard InChI is InChI=1S/C14H14N6OS/c1-3-5-19(2)14(21)9-7-10(15)20-11(8-9)17-12(18-20)13-16-4-6-22-13/h3-4,6-8H,1,5,15H2,2H3. The van der Waals surface area contributed by atoms with Crippen molar-refractivity contribution < 1.29 is 4.79 Å². The first-order valence-electron chi connectivity index (χ1n) is 6.52. The molecule has 0 spiro atoms.